The summed E-state index contributed by atoms with van der Waals surface area (Å²) in [6.07, 6.45) is 13.9. The zero-order chi connectivity index (χ0) is 25.1. The van der Waals surface area contributed by atoms with E-state index in [-0.39, 0.29) is 0 Å². The molecule has 1 aliphatic carbocycles. The van der Waals surface area contributed by atoms with Crippen LogP contribution in [0.5, 0.6) is 5.88 Å². The molecule has 1 aromatic carbocycles. The molecule has 0 spiro atoms. The quantitative estimate of drug-likeness (QED) is 0.350. The molecule has 3 heterocycles. The Bertz CT molecular complexity index is 1140. The maximum absolute atomic E-state index is 5.37. The second-order valence-electron chi connectivity index (χ2n) is 11.5. The van der Waals surface area contributed by atoms with Crippen LogP contribution in [0.1, 0.15) is 89.2 Å². The van der Waals surface area contributed by atoms with E-state index in [1.54, 1.807) is 7.11 Å². The lowest BCUT2D eigenvalue weighted by molar-refractivity contribution is 0.114. The van der Waals surface area contributed by atoms with Crippen LogP contribution in [-0.2, 0) is 6.42 Å². The molecule has 1 N–H and O–H groups in total. The molecule has 194 valence electrons. The zero-order valence-corrected chi connectivity index (χ0v) is 22.9. The molecular weight excluding hydrogens is 442 g/mol. The maximum Gasteiger partial charge on any atom is 0.213 e. The van der Waals surface area contributed by atoms with Crippen molar-refractivity contribution in [1.82, 2.24) is 14.9 Å². The molecule has 2 unspecified atom stereocenters. The van der Waals surface area contributed by atoms with E-state index in [1.165, 1.54) is 92.2 Å². The molecule has 4 heteroatoms. The molecule has 3 atom stereocenters. The van der Waals surface area contributed by atoms with Gasteiger partial charge in [-0.15, -0.1) is 0 Å². The lowest BCUT2D eigenvalue weighted by Gasteiger charge is -2.40. The number of benzene rings is 1. The van der Waals surface area contributed by atoms with E-state index in [4.69, 9.17) is 4.74 Å². The van der Waals surface area contributed by atoms with Gasteiger partial charge in [0.05, 0.1) is 7.11 Å². The molecule has 0 radical (unpaired) electrons. The van der Waals surface area contributed by atoms with Crippen molar-refractivity contribution in [2.24, 2.45) is 11.8 Å². The lowest BCUT2D eigenvalue weighted by Crippen LogP contribution is -2.42. The molecule has 2 aliphatic rings. The van der Waals surface area contributed by atoms with Gasteiger partial charge < -0.3 is 14.6 Å². The van der Waals surface area contributed by atoms with Gasteiger partial charge in [0.1, 0.15) is 0 Å². The van der Waals surface area contributed by atoms with Crippen LogP contribution in [0.4, 0.5) is 0 Å². The summed E-state index contributed by atoms with van der Waals surface area (Å²) in [6.45, 7) is 9.62. The van der Waals surface area contributed by atoms with E-state index in [2.05, 4.69) is 59.9 Å². The Morgan fingerprint density at radius 1 is 1.08 bits per heavy atom. The molecule has 36 heavy (non-hydrogen) atoms. The number of methoxy groups -OCH3 is 1. The van der Waals surface area contributed by atoms with E-state index >= 15 is 0 Å². The number of aryl methyl sites for hydroxylation is 1. The molecule has 0 bridgehead atoms. The van der Waals surface area contributed by atoms with E-state index in [0.29, 0.717) is 11.8 Å². The van der Waals surface area contributed by atoms with Crippen LogP contribution in [0.3, 0.4) is 0 Å². The van der Waals surface area contributed by atoms with E-state index < -0.39 is 0 Å². The van der Waals surface area contributed by atoms with Crippen molar-refractivity contribution in [2.75, 3.05) is 20.2 Å². The molecule has 3 aromatic rings. The summed E-state index contributed by atoms with van der Waals surface area (Å²) in [7, 11) is 1.68. The number of ether oxygens (including phenoxy) is 1. The molecule has 0 amide bonds. The number of piperidine rings is 1. The van der Waals surface area contributed by atoms with Gasteiger partial charge in [-0.2, -0.15) is 0 Å². The van der Waals surface area contributed by atoms with Crippen LogP contribution in [0.25, 0.3) is 22.2 Å². The number of pyridine rings is 1. The predicted octanol–water partition coefficient (Wildman–Crippen LogP) is 7.98. The van der Waals surface area contributed by atoms with E-state index in [0.717, 1.165) is 29.9 Å². The molecule has 2 aromatic heterocycles. The first-order valence-corrected chi connectivity index (χ1v) is 14.5. The third-order valence-electron chi connectivity index (χ3n) is 9.16. The topological polar surface area (TPSA) is 41.1 Å². The van der Waals surface area contributed by atoms with Crippen LogP contribution in [0, 0.1) is 11.8 Å². The first-order valence-electron chi connectivity index (χ1n) is 14.5. The zero-order valence-electron chi connectivity index (χ0n) is 22.9. The average molecular weight is 488 g/mol. The number of hydrogen-bond donors (Lipinski definition) is 1. The van der Waals surface area contributed by atoms with Gasteiger partial charge in [0.25, 0.3) is 0 Å². The van der Waals surface area contributed by atoms with E-state index in [9.17, 15) is 0 Å². The first-order chi connectivity index (χ1) is 17.6. The summed E-state index contributed by atoms with van der Waals surface area (Å²) in [6, 6.07) is 12.0. The SMILES string of the molecule is CCc1c(-c2ccnc(OC)c2)[nH]c2ccc(C3CCN(C(CC)C[C@@H]4CCCC(C)C4)CC3)cc12. The number of aromatic amines is 1. The fourth-order valence-electron chi connectivity index (χ4n) is 7.14. The third-order valence-corrected chi connectivity index (χ3v) is 9.16. The Balaban J connectivity index is 1.29. The van der Waals surface area contributed by atoms with Crippen molar-refractivity contribution < 1.29 is 4.74 Å². The van der Waals surface area contributed by atoms with Crippen molar-refractivity contribution in [3.63, 3.8) is 0 Å². The summed E-state index contributed by atoms with van der Waals surface area (Å²) in [5.41, 5.74) is 6.48. The smallest absolute Gasteiger partial charge is 0.213 e. The lowest BCUT2D eigenvalue weighted by atomic mass is 9.78. The number of hydrogen-bond acceptors (Lipinski definition) is 3. The predicted molar refractivity (Wildman–Crippen MR) is 151 cm³/mol. The van der Waals surface area contributed by atoms with Gasteiger partial charge in [0.2, 0.25) is 5.88 Å². The van der Waals surface area contributed by atoms with Crippen molar-refractivity contribution in [2.45, 2.75) is 90.5 Å². The minimum Gasteiger partial charge on any atom is -0.481 e. The second-order valence-corrected chi connectivity index (χ2v) is 11.5. The molecule has 5 rings (SSSR count). The van der Waals surface area contributed by atoms with Gasteiger partial charge in [0, 0.05) is 40.5 Å². The summed E-state index contributed by atoms with van der Waals surface area (Å²) in [4.78, 5) is 10.8. The molecule has 2 fully saturated rings. The average Bonchev–Trinajstić information content (AvgIpc) is 3.30. The monoisotopic (exact) mass is 487 g/mol. The molecule has 1 aliphatic heterocycles. The normalized spacial score (nSPS) is 22.7. The Morgan fingerprint density at radius 3 is 2.64 bits per heavy atom. The van der Waals surface area contributed by atoms with Crippen LogP contribution >= 0.6 is 0 Å². The highest BCUT2D eigenvalue weighted by Gasteiger charge is 2.29. The van der Waals surface area contributed by atoms with Crippen LogP contribution in [0.15, 0.2) is 36.5 Å². The first kappa shape index (κ1) is 25.3. The number of rotatable bonds is 8. The standard InChI is InChI=1S/C32H45N3O/c1-5-27(19-23-9-7-8-22(3)18-23)35-16-13-24(14-17-35)25-10-11-30-29(20-25)28(6-2)32(34-30)26-12-15-33-31(21-26)36-4/h10-12,15,20-24,27,34H,5-9,13-14,16-19H2,1-4H3/t22?,23-,27?/m1/s1. The molecule has 4 nitrogen and oxygen atoms in total. The minimum absolute atomic E-state index is 0.657. The molecular formula is C32H45N3O. The highest BCUT2D eigenvalue weighted by Crippen LogP contribution is 2.38. The third kappa shape index (κ3) is 5.34. The fraction of sp³-hybridized carbons (Fsp3) is 0.594. The number of likely N-dealkylation sites (tertiary alicyclic amines) is 1. The van der Waals surface area contributed by atoms with Crippen molar-refractivity contribution >= 4 is 10.9 Å². The second kappa shape index (κ2) is 11.4. The maximum atomic E-state index is 5.37. The number of H-pyrrole nitrogens is 1. The highest BCUT2D eigenvalue weighted by atomic mass is 16.5. The Labute approximate surface area is 217 Å². The van der Waals surface area contributed by atoms with E-state index in [1.807, 2.05) is 12.3 Å². The van der Waals surface area contributed by atoms with Crippen molar-refractivity contribution in [3.8, 4) is 17.1 Å². The van der Waals surface area contributed by atoms with Crippen LogP contribution < -0.4 is 4.74 Å². The van der Waals surface area contributed by atoms with Gasteiger partial charge in [-0.1, -0.05) is 46.1 Å². The summed E-state index contributed by atoms with van der Waals surface area (Å²) >= 11 is 0. The number of fused-ring (bicyclic) bond motifs is 1. The Hall–Kier alpha value is -2.33. The Kier molecular flexibility index (Phi) is 8.00. The molecule has 1 saturated carbocycles. The Morgan fingerprint density at radius 2 is 1.92 bits per heavy atom. The van der Waals surface area contributed by atoms with Crippen LogP contribution in [0.2, 0.25) is 0 Å². The minimum atomic E-state index is 0.657. The van der Waals surface area contributed by atoms with Gasteiger partial charge in [-0.05, 0) is 98.7 Å². The fourth-order valence-corrected chi connectivity index (χ4v) is 7.14. The summed E-state index contributed by atoms with van der Waals surface area (Å²) in [5, 5.41) is 1.38. The van der Waals surface area contributed by atoms with Gasteiger partial charge >= 0.3 is 0 Å². The van der Waals surface area contributed by atoms with Crippen LogP contribution in [-0.4, -0.2) is 41.1 Å². The molecule has 1 saturated heterocycles. The van der Waals surface area contributed by atoms with Crippen molar-refractivity contribution in [3.05, 3.63) is 47.7 Å². The summed E-state index contributed by atoms with van der Waals surface area (Å²) in [5.74, 6) is 3.21. The van der Waals surface area contributed by atoms with Gasteiger partial charge in [-0.25, -0.2) is 4.98 Å². The number of nitrogens with zero attached hydrogens (tertiary/aromatic N) is 2. The van der Waals surface area contributed by atoms with Gasteiger partial charge in [-0.3, -0.25) is 0 Å². The summed E-state index contributed by atoms with van der Waals surface area (Å²) < 4.78 is 5.37. The van der Waals surface area contributed by atoms with Crippen molar-refractivity contribution in [1.29, 1.82) is 0 Å². The number of nitrogens with one attached hydrogen (secondary N) is 1. The van der Waals surface area contributed by atoms with Gasteiger partial charge in [0.15, 0.2) is 0 Å². The largest absolute Gasteiger partial charge is 0.481 e. The number of aromatic nitrogens is 2. The highest BCUT2D eigenvalue weighted by molar-refractivity contribution is 5.91.